The maximum absolute atomic E-state index is 14.1. The Morgan fingerprint density at radius 1 is 1.07 bits per heavy atom. The molecule has 0 fully saturated rings. The molecule has 27 heavy (non-hydrogen) atoms. The van der Waals surface area contributed by atoms with Crippen LogP contribution in [0.25, 0.3) is 11.4 Å². The van der Waals surface area contributed by atoms with Crippen molar-refractivity contribution in [1.29, 1.82) is 0 Å². The Balaban J connectivity index is 1.77. The van der Waals surface area contributed by atoms with Crippen molar-refractivity contribution in [3.8, 4) is 11.4 Å². The van der Waals surface area contributed by atoms with Crippen molar-refractivity contribution >= 4 is 23.4 Å². The van der Waals surface area contributed by atoms with Crippen LogP contribution in [0.5, 0.6) is 0 Å². The van der Waals surface area contributed by atoms with Gasteiger partial charge in [-0.1, -0.05) is 36.0 Å². The number of nitrogens with one attached hydrogen (secondary N) is 1. The van der Waals surface area contributed by atoms with Crippen molar-refractivity contribution < 1.29 is 13.6 Å². The van der Waals surface area contributed by atoms with E-state index >= 15 is 0 Å². The van der Waals surface area contributed by atoms with E-state index in [4.69, 9.17) is 0 Å². The van der Waals surface area contributed by atoms with E-state index in [1.807, 2.05) is 13.8 Å². The van der Waals surface area contributed by atoms with Gasteiger partial charge in [0.1, 0.15) is 11.6 Å². The Morgan fingerprint density at radius 2 is 1.74 bits per heavy atom. The van der Waals surface area contributed by atoms with Gasteiger partial charge in [0.2, 0.25) is 5.91 Å². The molecule has 140 valence electrons. The van der Waals surface area contributed by atoms with Gasteiger partial charge in [-0.25, -0.2) is 8.78 Å². The summed E-state index contributed by atoms with van der Waals surface area (Å²) in [5.74, 6) is -0.823. The number of anilines is 1. The lowest BCUT2D eigenvalue weighted by molar-refractivity contribution is -0.113. The van der Waals surface area contributed by atoms with E-state index in [2.05, 4.69) is 15.5 Å². The molecule has 1 heterocycles. The lowest BCUT2D eigenvalue weighted by Crippen LogP contribution is -2.16. The smallest absolute Gasteiger partial charge is 0.234 e. The van der Waals surface area contributed by atoms with Gasteiger partial charge in [-0.3, -0.25) is 9.36 Å². The van der Waals surface area contributed by atoms with E-state index < -0.39 is 5.82 Å². The standard InChI is InChI=1S/C19H18F2N4OS/c1-12(2)25-18(13-7-3-4-8-14(13)20)23-24-19(25)27-11-17(26)22-16-10-6-5-9-15(16)21/h3-10,12H,11H2,1-2H3,(H,22,26). The number of nitrogens with zero attached hydrogens (tertiary/aromatic N) is 3. The zero-order valence-electron chi connectivity index (χ0n) is 14.8. The molecule has 0 saturated heterocycles. The minimum atomic E-state index is -0.497. The quantitative estimate of drug-likeness (QED) is 0.630. The van der Waals surface area contributed by atoms with Crippen molar-refractivity contribution in [2.45, 2.75) is 25.0 Å². The Hall–Kier alpha value is -2.74. The summed E-state index contributed by atoms with van der Waals surface area (Å²) in [6, 6.07) is 12.3. The summed E-state index contributed by atoms with van der Waals surface area (Å²) in [5, 5.41) is 11.2. The molecule has 0 aliphatic heterocycles. The molecule has 0 aliphatic carbocycles. The average molecular weight is 388 g/mol. The van der Waals surface area contributed by atoms with Crippen molar-refractivity contribution in [2.75, 3.05) is 11.1 Å². The lowest BCUT2D eigenvalue weighted by Gasteiger charge is -2.14. The first-order valence-electron chi connectivity index (χ1n) is 8.34. The summed E-state index contributed by atoms with van der Waals surface area (Å²) in [5.41, 5.74) is 0.474. The third-order valence-corrected chi connectivity index (χ3v) is 4.72. The second kappa shape index (κ2) is 8.30. The van der Waals surface area contributed by atoms with Gasteiger partial charge in [-0.05, 0) is 38.1 Å². The summed E-state index contributed by atoms with van der Waals surface area (Å²) in [6.07, 6.45) is 0. The van der Waals surface area contributed by atoms with Crippen LogP contribution in [0, 0.1) is 11.6 Å². The van der Waals surface area contributed by atoms with E-state index in [1.54, 1.807) is 34.9 Å². The van der Waals surface area contributed by atoms with Crippen LogP contribution in [0.15, 0.2) is 53.7 Å². The molecule has 0 bridgehead atoms. The highest BCUT2D eigenvalue weighted by atomic mass is 32.2. The fraction of sp³-hybridized carbons (Fsp3) is 0.211. The normalized spacial score (nSPS) is 11.0. The summed E-state index contributed by atoms with van der Waals surface area (Å²) in [4.78, 5) is 12.1. The Bertz CT molecular complexity index is 958. The van der Waals surface area contributed by atoms with Crippen molar-refractivity contribution in [3.63, 3.8) is 0 Å². The number of hydrogen-bond donors (Lipinski definition) is 1. The number of rotatable bonds is 6. The van der Waals surface area contributed by atoms with E-state index in [0.717, 1.165) is 11.8 Å². The molecule has 3 rings (SSSR count). The van der Waals surface area contributed by atoms with Crippen LogP contribution in [-0.4, -0.2) is 26.4 Å². The molecule has 1 N–H and O–H groups in total. The predicted octanol–water partition coefficient (Wildman–Crippen LogP) is 4.54. The molecule has 0 aliphatic rings. The molecule has 2 aromatic carbocycles. The SMILES string of the molecule is CC(C)n1c(SCC(=O)Nc2ccccc2F)nnc1-c1ccccc1F. The van der Waals surface area contributed by atoms with Gasteiger partial charge < -0.3 is 5.32 Å². The number of carbonyl (C=O) groups excluding carboxylic acids is 1. The summed E-state index contributed by atoms with van der Waals surface area (Å²) in [6.45, 7) is 3.86. The zero-order valence-corrected chi connectivity index (χ0v) is 15.6. The average Bonchev–Trinajstić information content (AvgIpc) is 3.06. The Kier molecular flexibility index (Phi) is 5.85. The van der Waals surface area contributed by atoms with Crippen molar-refractivity contribution in [3.05, 3.63) is 60.2 Å². The van der Waals surface area contributed by atoms with Crippen LogP contribution < -0.4 is 5.32 Å². The van der Waals surface area contributed by atoms with Gasteiger partial charge in [-0.15, -0.1) is 10.2 Å². The number of halogens is 2. The maximum atomic E-state index is 14.1. The molecule has 8 heteroatoms. The minimum absolute atomic E-state index is 0.0243. The molecule has 5 nitrogen and oxygen atoms in total. The van der Waals surface area contributed by atoms with Gasteiger partial charge in [0.25, 0.3) is 0 Å². The number of thioether (sulfide) groups is 1. The summed E-state index contributed by atoms with van der Waals surface area (Å²) in [7, 11) is 0. The van der Waals surface area contributed by atoms with Gasteiger partial charge >= 0.3 is 0 Å². The van der Waals surface area contributed by atoms with Crippen LogP contribution in [0.2, 0.25) is 0 Å². The van der Waals surface area contributed by atoms with Crippen LogP contribution in [0.4, 0.5) is 14.5 Å². The monoisotopic (exact) mass is 388 g/mol. The predicted molar refractivity (Wildman–Crippen MR) is 102 cm³/mol. The molecule has 3 aromatic rings. The zero-order chi connectivity index (χ0) is 19.4. The number of hydrogen-bond acceptors (Lipinski definition) is 4. The maximum Gasteiger partial charge on any atom is 0.234 e. The highest BCUT2D eigenvalue weighted by molar-refractivity contribution is 7.99. The topological polar surface area (TPSA) is 59.8 Å². The first-order chi connectivity index (χ1) is 13.0. The van der Waals surface area contributed by atoms with E-state index in [0.29, 0.717) is 16.5 Å². The second-order valence-electron chi connectivity index (χ2n) is 6.07. The summed E-state index contributed by atoms with van der Waals surface area (Å²) < 4.78 is 29.5. The molecule has 0 atom stereocenters. The lowest BCUT2D eigenvalue weighted by atomic mass is 10.2. The Morgan fingerprint density at radius 3 is 2.41 bits per heavy atom. The molecule has 1 amide bonds. The van der Waals surface area contributed by atoms with Gasteiger partial charge in [0.15, 0.2) is 11.0 Å². The highest BCUT2D eigenvalue weighted by Gasteiger charge is 2.20. The first-order valence-corrected chi connectivity index (χ1v) is 9.33. The molecule has 0 unspecified atom stereocenters. The van der Waals surface area contributed by atoms with Crippen LogP contribution in [0.1, 0.15) is 19.9 Å². The summed E-state index contributed by atoms with van der Waals surface area (Å²) >= 11 is 1.16. The third kappa shape index (κ3) is 4.33. The fourth-order valence-electron chi connectivity index (χ4n) is 2.55. The van der Waals surface area contributed by atoms with Crippen molar-refractivity contribution in [1.82, 2.24) is 14.8 Å². The number of para-hydroxylation sites is 1. The van der Waals surface area contributed by atoms with Gasteiger partial charge in [0.05, 0.1) is 17.0 Å². The highest BCUT2D eigenvalue weighted by Crippen LogP contribution is 2.29. The van der Waals surface area contributed by atoms with Crippen LogP contribution >= 0.6 is 11.8 Å². The first kappa shape index (κ1) is 19.0. The van der Waals surface area contributed by atoms with E-state index in [-0.39, 0.29) is 29.2 Å². The molecular formula is C19H18F2N4OS. The van der Waals surface area contributed by atoms with Gasteiger partial charge in [-0.2, -0.15) is 0 Å². The third-order valence-electron chi connectivity index (χ3n) is 3.78. The van der Waals surface area contributed by atoms with E-state index in [9.17, 15) is 13.6 Å². The number of aromatic nitrogens is 3. The second-order valence-corrected chi connectivity index (χ2v) is 7.01. The molecule has 0 radical (unpaired) electrons. The fourth-order valence-corrected chi connectivity index (χ4v) is 3.41. The number of carbonyl (C=O) groups is 1. The van der Waals surface area contributed by atoms with Crippen molar-refractivity contribution in [2.24, 2.45) is 0 Å². The Labute approximate surface area is 159 Å². The number of amides is 1. The van der Waals surface area contributed by atoms with E-state index in [1.165, 1.54) is 18.2 Å². The minimum Gasteiger partial charge on any atom is -0.323 e. The van der Waals surface area contributed by atoms with Crippen LogP contribution in [0.3, 0.4) is 0 Å². The molecule has 0 saturated carbocycles. The molecular weight excluding hydrogens is 370 g/mol. The molecule has 1 aromatic heterocycles. The van der Waals surface area contributed by atoms with Crippen LogP contribution in [-0.2, 0) is 4.79 Å². The molecule has 0 spiro atoms. The number of benzene rings is 2. The van der Waals surface area contributed by atoms with Gasteiger partial charge in [0, 0.05) is 6.04 Å². The largest absolute Gasteiger partial charge is 0.323 e.